The van der Waals surface area contributed by atoms with Gasteiger partial charge in [0.1, 0.15) is 0 Å². The summed E-state index contributed by atoms with van der Waals surface area (Å²) in [6.45, 7) is 2.24. The molecule has 1 saturated carbocycles. The third-order valence-electron chi connectivity index (χ3n) is 4.28. The largest absolute Gasteiger partial charge is 0.493 e. The lowest BCUT2D eigenvalue weighted by atomic mass is 9.91. The van der Waals surface area contributed by atoms with Crippen LogP contribution >= 0.6 is 0 Å². The predicted molar refractivity (Wildman–Crippen MR) is 86.1 cm³/mol. The van der Waals surface area contributed by atoms with Crippen LogP contribution in [-0.4, -0.2) is 32.3 Å². The van der Waals surface area contributed by atoms with E-state index in [1.54, 1.807) is 14.2 Å². The van der Waals surface area contributed by atoms with Crippen LogP contribution < -0.4 is 20.5 Å². The van der Waals surface area contributed by atoms with Crippen LogP contribution in [-0.2, 0) is 6.42 Å². The van der Waals surface area contributed by atoms with Crippen LogP contribution in [0.25, 0.3) is 0 Å². The first-order valence-corrected chi connectivity index (χ1v) is 7.85. The minimum atomic E-state index is 0.407. The van der Waals surface area contributed by atoms with Gasteiger partial charge in [-0.05, 0) is 56.7 Å². The van der Waals surface area contributed by atoms with Gasteiger partial charge in [0, 0.05) is 18.1 Å². The zero-order chi connectivity index (χ0) is 15.2. The van der Waals surface area contributed by atoms with Gasteiger partial charge < -0.3 is 20.5 Å². The van der Waals surface area contributed by atoms with Crippen molar-refractivity contribution < 1.29 is 9.47 Å². The Bertz CT molecular complexity index is 442. The Hall–Kier alpha value is -1.26. The Morgan fingerprint density at radius 3 is 2.43 bits per heavy atom. The fraction of sp³-hybridized carbons (Fsp3) is 0.647. The Balaban J connectivity index is 1.88. The SMILES string of the molecule is COc1ccc(CC(C)NC2CCC(N)CC2)cc1OC. The molecule has 0 bridgehead atoms. The van der Waals surface area contributed by atoms with Gasteiger partial charge >= 0.3 is 0 Å². The number of rotatable bonds is 6. The van der Waals surface area contributed by atoms with E-state index in [2.05, 4.69) is 24.4 Å². The van der Waals surface area contributed by atoms with Crippen LogP contribution in [0.1, 0.15) is 38.2 Å². The van der Waals surface area contributed by atoms with Gasteiger partial charge in [0.05, 0.1) is 14.2 Å². The summed E-state index contributed by atoms with van der Waals surface area (Å²) in [5.74, 6) is 1.58. The molecule has 4 heteroatoms. The highest BCUT2D eigenvalue weighted by Gasteiger charge is 2.19. The van der Waals surface area contributed by atoms with Crippen molar-refractivity contribution in [2.45, 2.75) is 57.2 Å². The molecule has 0 radical (unpaired) electrons. The molecule has 1 atom stereocenters. The molecule has 1 fully saturated rings. The van der Waals surface area contributed by atoms with Crippen molar-refractivity contribution >= 4 is 0 Å². The lowest BCUT2D eigenvalue weighted by Crippen LogP contribution is -2.42. The number of benzene rings is 1. The van der Waals surface area contributed by atoms with Crippen molar-refractivity contribution in [2.24, 2.45) is 5.73 Å². The zero-order valence-electron chi connectivity index (χ0n) is 13.4. The first kappa shape index (κ1) is 16.1. The maximum absolute atomic E-state index is 5.96. The van der Waals surface area contributed by atoms with E-state index in [1.165, 1.54) is 18.4 Å². The van der Waals surface area contributed by atoms with Crippen molar-refractivity contribution in [1.82, 2.24) is 5.32 Å². The van der Waals surface area contributed by atoms with E-state index in [0.29, 0.717) is 18.1 Å². The molecule has 0 aliphatic heterocycles. The molecule has 0 heterocycles. The number of methoxy groups -OCH3 is 2. The topological polar surface area (TPSA) is 56.5 Å². The van der Waals surface area contributed by atoms with Crippen LogP contribution in [0.15, 0.2) is 18.2 Å². The van der Waals surface area contributed by atoms with Crippen molar-refractivity contribution in [3.63, 3.8) is 0 Å². The molecule has 3 N–H and O–H groups in total. The Labute approximate surface area is 128 Å². The monoisotopic (exact) mass is 292 g/mol. The summed E-state index contributed by atoms with van der Waals surface area (Å²) < 4.78 is 10.6. The van der Waals surface area contributed by atoms with Gasteiger partial charge in [0.2, 0.25) is 0 Å². The van der Waals surface area contributed by atoms with Crippen molar-refractivity contribution in [1.29, 1.82) is 0 Å². The van der Waals surface area contributed by atoms with Gasteiger partial charge in [-0.2, -0.15) is 0 Å². The second kappa shape index (κ2) is 7.66. The molecule has 4 nitrogen and oxygen atoms in total. The average Bonchev–Trinajstić information content (AvgIpc) is 2.49. The molecule has 118 valence electrons. The van der Waals surface area contributed by atoms with Crippen molar-refractivity contribution in [3.05, 3.63) is 23.8 Å². The number of hydrogen-bond acceptors (Lipinski definition) is 4. The van der Waals surface area contributed by atoms with Crippen molar-refractivity contribution in [2.75, 3.05) is 14.2 Å². The highest BCUT2D eigenvalue weighted by Crippen LogP contribution is 2.28. The fourth-order valence-corrected chi connectivity index (χ4v) is 3.11. The third kappa shape index (κ3) is 4.61. The average molecular weight is 292 g/mol. The summed E-state index contributed by atoms with van der Waals surface area (Å²) in [6, 6.07) is 7.61. The fourth-order valence-electron chi connectivity index (χ4n) is 3.11. The number of hydrogen-bond donors (Lipinski definition) is 2. The minimum absolute atomic E-state index is 0.407. The molecule has 1 aromatic carbocycles. The standard InChI is InChI=1S/C17H28N2O2/c1-12(19-15-7-5-14(18)6-8-15)10-13-4-9-16(20-2)17(11-13)21-3/h4,9,11-12,14-15,19H,5-8,10,18H2,1-3H3. The molecule has 21 heavy (non-hydrogen) atoms. The predicted octanol–water partition coefficient (Wildman–Crippen LogP) is 2.49. The van der Waals surface area contributed by atoms with Crippen LogP contribution in [0.5, 0.6) is 11.5 Å². The van der Waals surface area contributed by atoms with Crippen LogP contribution in [0.3, 0.4) is 0 Å². The smallest absolute Gasteiger partial charge is 0.160 e. The molecular weight excluding hydrogens is 264 g/mol. The van der Waals surface area contributed by atoms with Gasteiger partial charge in [0.25, 0.3) is 0 Å². The van der Waals surface area contributed by atoms with Gasteiger partial charge in [0.15, 0.2) is 11.5 Å². The Morgan fingerprint density at radius 2 is 1.81 bits per heavy atom. The second-order valence-electron chi connectivity index (χ2n) is 6.07. The summed E-state index contributed by atoms with van der Waals surface area (Å²) in [7, 11) is 3.34. The van der Waals surface area contributed by atoms with Crippen LogP contribution in [0, 0.1) is 0 Å². The van der Waals surface area contributed by atoms with Gasteiger partial charge in [-0.1, -0.05) is 6.07 Å². The summed E-state index contributed by atoms with van der Waals surface area (Å²) in [5.41, 5.74) is 7.22. The van der Waals surface area contributed by atoms with Crippen LogP contribution in [0.4, 0.5) is 0 Å². The van der Waals surface area contributed by atoms with Gasteiger partial charge in [-0.25, -0.2) is 0 Å². The molecule has 1 unspecified atom stereocenters. The Kier molecular flexibility index (Phi) is 5.88. The van der Waals surface area contributed by atoms with Crippen molar-refractivity contribution in [3.8, 4) is 11.5 Å². The molecule has 1 aromatic rings. The maximum atomic E-state index is 5.96. The van der Waals surface area contributed by atoms with E-state index in [1.807, 2.05) is 6.07 Å². The molecule has 1 aliphatic carbocycles. The van der Waals surface area contributed by atoms with E-state index in [0.717, 1.165) is 30.8 Å². The van der Waals surface area contributed by atoms with E-state index in [4.69, 9.17) is 15.2 Å². The number of ether oxygens (including phenoxy) is 2. The first-order chi connectivity index (χ1) is 10.1. The number of nitrogens with one attached hydrogen (secondary N) is 1. The van der Waals surface area contributed by atoms with Crippen LogP contribution in [0.2, 0.25) is 0 Å². The lowest BCUT2D eigenvalue weighted by molar-refractivity contribution is 0.319. The molecule has 0 amide bonds. The summed E-state index contributed by atoms with van der Waals surface area (Å²) >= 11 is 0. The zero-order valence-corrected chi connectivity index (χ0v) is 13.4. The maximum Gasteiger partial charge on any atom is 0.160 e. The van der Waals surface area contributed by atoms with Gasteiger partial charge in [-0.15, -0.1) is 0 Å². The molecule has 0 aromatic heterocycles. The molecule has 2 rings (SSSR count). The quantitative estimate of drug-likeness (QED) is 0.846. The number of nitrogens with two attached hydrogens (primary N) is 1. The lowest BCUT2D eigenvalue weighted by Gasteiger charge is -2.29. The summed E-state index contributed by atoms with van der Waals surface area (Å²) in [5, 5.41) is 3.73. The molecule has 0 spiro atoms. The minimum Gasteiger partial charge on any atom is -0.493 e. The summed E-state index contributed by atoms with van der Waals surface area (Å²) in [4.78, 5) is 0. The third-order valence-corrected chi connectivity index (χ3v) is 4.28. The molecular formula is C17H28N2O2. The highest BCUT2D eigenvalue weighted by atomic mass is 16.5. The first-order valence-electron chi connectivity index (χ1n) is 7.85. The van der Waals surface area contributed by atoms with Gasteiger partial charge in [-0.3, -0.25) is 0 Å². The second-order valence-corrected chi connectivity index (χ2v) is 6.07. The molecule has 0 saturated heterocycles. The van der Waals surface area contributed by atoms with E-state index >= 15 is 0 Å². The summed E-state index contributed by atoms with van der Waals surface area (Å²) in [6.07, 6.45) is 5.65. The van der Waals surface area contributed by atoms with E-state index in [-0.39, 0.29) is 0 Å². The van der Waals surface area contributed by atoms with E-state index in [9.17, 15) is 0 Å². The van der Waals surface area contributed by atoms with E-state index < -0.39 is 0 Å². The Morgan fingerprint density at radius 1 is 1.14 bits per heavy atom. The normalized spacial score (nSPS) is 23.6. The molecule has 1 aliphatic rings. The highest BCUT2D eigenvalue weighted by molar-refractivity contribution is 5.43.